The number of methoxy groups -OCH3 is 1. The molecule has 0 bridgehead atoms. The van der Waals surface area contributed by atoms with E-state index < -0.39 is 35.3 Å². The first-order valence-electron chi connectivity index (χ1n) is 8.43. The first kappa shape index (κ1) is 19.2. The number of carbonyl (C=O) groups excluding carboxylic acids is 4. The molecule has 2 fully saturated rings. The third kappa shape index (κ3) is 2.97. The van der Waals surface area contributed by atoms with Gasteiger partial charge in [-0.05, 0) is 20.8 Å². The maximum Gasteiger partial charge on any atom is 0.326 e. The Morgan fingerprint density at radius 3 is 2.48 bits per heavy atom. The molecule has 2 aliphatic rings. The SMILES string of the molecule is CCNC(=O)N(CC)C[C@H]1N[C@@](C)(C(=O)OC)[C@H]2C(=O)N(C)C(=O)[C@@H]12. The molecule has 2 heterocycles. The number of hydrogen-bond donors (Lipinski definition) is 2. The van der Waals surface area contributed by atoms with Crippen LogP contribution in [0.1, 0.15) is 20.8 Å². The van der Waals surface area contributed by atoms with E-state index in [1.54, 1.807) is 11.8 Å². The molecular weight excluding hydrogens is 328 g/mol. The van der Waals surface area contributed by atoms with Crippen LogP contribution < -0.4 is 10.6 Å². The highest BCUT2D eigenvalue weighted by molar-refractivity contribution is 6.09. The summed E-state index contributed by atoms with van der Waals surface area (Å²) in [7, 11) is 2.66. The highest BCUT2D eigenvalue weighted by Gasteiger charge is 2.66. The molecule has 140 valence electrons. The van der Waals surface area contributed by atoms with Crippen molar-refractivity contribution in [2.75, 3.05) is 33.8 Å². The van der Waals surface area contributed by atoms with E-state index in [4.69, 9.17) is 4.74 Å². The molecule has 2 saturated heterocycles. The van der Waals surface area contributed by atoms with Crippen LogP contribution in [0.25, 0.3) is 0 Å². The van der Waals surface area contributed by atoms with Crippen LogP contribution in [0, 0.1) is 11.8 Å². The predicted octanol–water partition coefficient (Wildman–Crippen LogP) is -0.828. The van der Waals surface area contributed by atoms with Crippen LogP contribution in [0.15, 0.2) is 0 Å². The Morgan fingerprint density at radius 2 is 1.96 bits per heavy atom. The van der Waals surface area contributed by atoms with E-state index in [0.29, 0.717) is 13.1 Å². The number of nitrogens with zero attached hydrogens (tertiary/aromatic N) is 2. The Labute approximate surface area is 147 Å². The van der Waals surface area contributed by atoms with Gasteiger partial charge in [-0.15, -0.1) is 0 Å². The van der Waals surface area contributed by atoms with Gasteiger partial charge in [0, 0.05) is 32.7 Å². The van der Waals surface area contributed by atoms with Crippen LogP contribution in [-0.4, -0.2) is 79.0 Å². The van der Waals surface area contributed by atoms with Gasteiger partial charge in [0.15, 0.2) is 0 Å². The standard InChI is InChI=1S/C16H26N4O5/c1-6-17-15(24)20(7-2)8-9-10-11(13(22)19(4)12(10)21)16(3,18-9)14(23)25-5/h9-11,18H,6-8H2,1-5H3,(H,17,24)/t9-,10+,11-,16-/m1/s1. The van der Waals surface area contributed by atoms with Crippen molar-refractivity contribution in [1.82, 2.24) is 20.4 Å². The molecule has 0 aromatic heterocycles. The second-order valence-electron chi connectivity index (χ2n) is 6.56. The lowest BCUT2D eigenvalue weighted by Gasteiger charge is -2.30. The molecule has 2 rings (SSSR count). The lowest BCUT2D eigenvalue weighted by molar-refractivity contribution is -0.152. The molecule has 0 saturated carbocycles. The average molecular weight is 354 g/mol. The molecule has 0 unspecified atom stereocenters. The summed E-state index contributed by atoms with van der Waals surface area (Å²) in [6, 6.07) is -0.766. The summed E-state index contributed by atoms with van der Waals surface area (Å²) in [5.41, 5.74) is -1.30. The lowest BCUT2D eigenvalue weighted by atomic mass is 9.81. The Bertz CT molecular complexity index is 595. The van der Waals surface area contributed by atoms with E-state index in [2.05, 4.69) is 10.6 Å². The molecular formula is C16H26N4O5. The number of likely N-dealkylation sites (N-methyl/N-ethyl adjacent to an activating group) is 1. The minimum atomic E-state index is -1.30. The van der Waals surface area contributed by atoms with Gasteiger partial charge < -0.3 is 15.0 Å². The molecule has 4 amide bonds. The van der Waals surface area contributed by atoms with Crippen molar-refractivity contribution >= 4 is 23.8 Å². The molecule has 0 radical (unpaired) electrons. The number of amides is 4. The Morgan fingerprint density at radius 1 is 1.32 bits per heavy atom. The van der Waals surface area contributed by atoms with Crippen LogP contribution in [0.3, 0.4) is 0 Å². The van der Waals surface area contributed by atoms with Crippen molar-refractivity contribution in [2.45, 2.75) is 32.4 Å². The molecule has 9 heteroatoms. The van der Waals surface area contributed by atoms with E-state index in [1.807, 2.05) is 13.8 Å². The second-order valence-corrected chi connectivity index (χ2v) is 6.56. The van der Waals surface area contributed by atoms with E-state index in [1.165, 1.54) is 14.2 Å². The molecule has 25 heavy (non-hydrogen) atoms. The third-order valence-corrected chi connectivity index (χ3v) is 5.14. The van der Waals surface area contributed by atoms with E-state index in [-0.39, 0.29) is 18.5 Å². The largest absolute Gasteiger partial charge is 0.468 e. The molecule has 0 spiro atoms. The fourth-order valence-electron chi connectivity index (χ4n) is 3.83. The van der Waals surface area contributed by atoms with Gasteiger partial charge in [-0.1, -0.05) is 0 Å². The summed E-state index contributed by atoms with van der Waals surface area (Å²) in [6.07, 6.45) is 0. The number of fused-ring (bicyclic) bond motifs is 1. The number of rotatable bonds is 5. The number of nitrogens with one attached hydrogen (secondary N) is 2. The van der Waals surface area contributed by atoms with Gasteiger partial charge in [0.1, 0.15) is 5.54 Å². The molecule has 2 N–H and O–H groups in total. The van der Waals surface area contributed by atoms with Gasteiger partial charge in [0.25, 0.3) is 0 Å². The number of imide groups is 1. The third-order valence-electron chi connectivity index (χ3n) is 5.14. The van der Waals surface area contributed by atoms with Gasteiger partial charge in [0.2, 0.25) is 11.8 Å². The van der Waals surface area contributed by atoms with Gasteiger partial charge >= 0.3 is 12.0 Å². The second kappa shape index (κ2) is 6.99. The van der Waals surface area contributed by atoms with Crippen molar-refractivity contribution in [3.05, 3.63) is 0 Å². The van der Waals surface area contributed by atoms with Crippen molar-refractivity contribution in [2.24, 2.45) is 11.8 Å². The number of esters is 1. The summed E-state index contributed by atoms with van der Waals surface area (Å²) in [4.78, 5) is 52.2. The summed E-state index contributed by atoms with van der Waals surface area (Å²) in [5.74, 6) is -2.88. The van der Waals surface area contributed by atoms with Crippen molar-refractivity contribution < 1.29 is 23.9 Å². The van der Waals surface area contributed by atoms with Crippen molar-refractivity contribution in [3.63, 3.8) is 0 Å². The fourth-order valence-corrected chi connectivity index (χ4v) is 3.83. The zero-order chi connectivity index (χ0) is 18.9. The summed E-state index contributed by atoms with van der Waals surface area (Å²) >= 11 is 0. The predicted molar refractivity (Wildman–Crippen MR) is 88.4 cm³/mol. The number of hydrogen-bond acceptors (Lipinski definition) is 6. The van der Waals surface area contributed by atoms with Crippen LogP contribution in [0.2, 0.25) is 0 Å². The zero-order valence-corrected chi connectivity index (χ0v) is 15.3. The zero-order valence-electron chi connectivity index (χ0n) is 15.3. The van der Waals surface area contributed by atoms with Gasteiger partial charge in [-0.3, -0.25) is 24.6 Å². The lowest BCUT2D eigenvalue weighted by Crippen LogP contribution is -2.56. The Kier molecular flexibility index (Phi) is 5.36. The van der Waals surface area contributed by atoms with Crippen LogP contribution in [0.5, 0.6) is 0 Å². The number of ether oxygens (including phenoxy) is 1. The maximum absolute atomic E-state index is 12.6. The normalized spacial score (nSPS) is 31.1. The van der Waals surface area contributed by atoms with Crippen LogP contribution >= 0.6 is 0 Å². The highest BCUT2D eigenvalue weighted by atomic mass is 16.5. The van der Waals surface area contributed by atoms with Crippen molar-refractivity contribution in [1.29, 1.82) is 0 Å². The van der Waals surface area contributed by atoms with Crippen molar-refractivity contribution in [3.8, 4) is 0 Å². The smallest absolute Gasteiger partial charge is 0.326 e. The quantitative estimate of drug-likeness (QED) is 0.493. The average Bonchev–Trinajstić information content (AvgIpc) is 3.01. The van der Waals surface area contributed by atoms with Gasteiger partial charge in [-0.25, -0.2) is 4.79 Å². The molecule has 0 aromatic carbocycles. The number of carbonyl (C=O) groups is 4. The van der Waals surface area contributed by atoms with E-state index in [9.17, 15) is 19.2 Å². The highest BCUT2D eigenvalue weighted by Crippen LogP contribution is 2.43. The summed E-state index contributed by atoms with van der Waals surface area (Å²) < 4.78 is 4.85. The first-order valence-corrected chi connectivity index (χ1v) is 8.43. The fraction of sp³-hybridized carbons (Fsp3) is 0.750. The minimum absolute atomic E-state index is 0.211. The summed E-state index contributed by atoms with van der Waals surface area (Å²) in [6.45, 7) is 6.35. The maximum atomic E-state index is 12.6. The van der Waals surface area contributed by atoms with Gasteiger partial charge in [0.05, 0.1) is 18.9 Å². The molecule has 9 nitrogen and oxygen atoms in total. The topological polar surface area (TPSA) is 108 Å². The number of likely N-dealkylation sites (tertiary alicyclic amines) is 1. The molecule has 2 aliphatic heterocycles. The first-order chi connectivity index (χ1) is 11.7. The van der Waals surface area contributed by atoms with Crippen LogP contribution in [0.4, 0.5) is 4.79 Å². The monoisotopic (exact) mass is 354 g/mol. The minimum Gasteiger partial charge on any atom is -0.468 e. The van der Waals surface area contributed by atoms with E-state index in [0.717, 1.165) is 4.90 Å². The Balaban J connectivity index is 2.33. The summed E-state index contributed by atoms with van der Waals surface area (Å²) in [5, 5.41) is 5.82. The number of urea groups is 1. The van der Waals surface area contributed by atoms with Gasteiger partial charge in [-0.2, -0.15) is 0 Å². The van der Waals surface area contributed by atoms with E-state index >= 15 is 0 Å². The Hall–Kier alpha value is -2.16. The molecule has 0 aromatic rings. The molecule has 0 aliphatic carbocycles. The van der Waals surface area contributed by atoms with Crippen LogP contribution in [-0.2, 0) is 19.1 Å². The molecule has 4 atom stereocenters.